The number of benzene rings is 1. The molecule has 3 aromatic rings. The standard InChI is InChI=1S/C24H29N5OS/c1-17-8-6-7-11-29(17)22-20-18(2)21(31-23(20)26-16-25-22)24(30)28-14-12-27(13-15-28)19-9-4-3-5-10-19/h3-5,9-10,16-17H,6-8,11-15H2,1-2H3/t17-/m1/s1. The molecule has 31 heavy (non-hydrogen) atoms. The number of aryl methyl sites for hydroxylation is 1. The third-order valence-corrected chi connectivity index (χ3v) is 7.85. The summed E-state index contributed by atoms with van der Waals surface area (Å²) in [5.41, 5.74) is 2.26. The van der Waals surface area contributed by atoms with E-state index >= 15 is 0 Å². The molecule has 0 N–H and O–H groups in total. The first kappa shape index (κ1) is 20.2. The summed E-state index contributed by atoms with van der Waals surface area (Å²) < 4.78 is 0. The molecule has 2 aliphatic heterocycles. The van der Waals surface area contributed by atoms with Gasteiger partial charge >= 0.3 is 0 Å². The first-order chi connectivity index (χ1) is 15.1. The third-order valence-electron chi connectivity index (χ3n) is 6.66. The van der Waals surface area contributed by atoms with Crippen LogP contribution in [0.5, 0.6) is 0 Å². The first-order valence-electron chi connectivity index (χ1n) is 11.2. The molecule has 0 aliphatic carbocycles. The molecule has 4 heterocycles. The number of amides is 1. The van der Waals surface area contributed by atoms with E-state index in [1.165, 1.54) is 36.3 Å². The SMILES string of the molecule is Cc1c(C(=O)N2CCN(c3ccccc3)CC2)sc2ncnc(N3CCCC[C@H]3C)c12. The van der Waals surface area contributed by atoms with Crippen molar-refractivity contribution in [3.63, 3.8) is 0 Å². The minimum absolute atomic E-state index is 0.130. The van der Waals surface area contributed by atoms with Crippen molar-refractivity contribution in [2.75, 3.05) is 42.5 Å². The van der Waals surface area contributed by atoms with Crippen LogP contribution in [0.2, 0.25) is 0 Å². The maximum atomic E-state index is 13.4. The summed E-state index contributed by atoms with van der Waals surface area (Å²) in [4.78, 5) is 31.1. The number of nitrogens with zero attached hydrogens (tertiary/aromatic N) is 5. The van der Waals surface area contributed by atoms with Gasteiger partial charge in [0.1, 0.15) is 17.0 Å². The van der Waals surface area contributed by atoms with Crippen molar-refractivity contribution in [3.8, 4) is 0 Å². The maximum absolute atomic E-state index is 13.4. The summed E-state index contributed by atoms with van der Waals surface area (Å²) in [7, 11) is 0. The molecule has 7 heteroatoms. The van der Waals surface area contributed by atoms with Crippen molar-refractivity contribution in [3.05, 3.63) is 47.1 Å². The Kier molecular flexibility index (Phi) is 5.52. The number of carbonyl (C=O) groups is 1. The van der Waals surface area contributed by atoms with Gasteiger partial charge in [0.15, 0.2) is 0 Å². The van der Waals surface area contributed by atoms with E-state index in [1.807, 2.05) is 11.0 Å². The van der Waals surface area contributed by atoms with Gasteiger partial charge in [0, 0.05) is 44.5 Å². The van der Waals surface area contributed by atoms with E-state index in [4.69, 9.17) is 0 Å². The van der Waals surface area contributed by atoms with Gasteiger partial charge < -0.3 is 14.7 Å². The van der Waals surface area contributed by atoms with Crippen LogP contribution in [0.4, 0.5) is 11.5 Å². The Morgan fingerprint density at radius 2 is 1.81 bits per heavy atom. The van der Waals surface area contributed by atoms with Gasteiger partial charge in [-0.2, -0.15) is 0 Å². The van der Waals surface area contributed by atoms with Gasteiger partial charge in [-0.3, -0.25) is 4.79 Å². The normalized spacial score (nSPS) is 19.8. The largest absolute Gasteiger partial charge is 0.368 e. The van der Waals surface area contributed by atoms with E-state index in [1.54, 1.807) is 6.33 Å². The molecule has 1 amide bonds. The molecule has 2 aromatic heterocycles. The van der Waals surface area contributed by atoms with Crippen LogP contribution in [0, 0.1) is 6.92 Å². The first-order valence-corrected chi connectivity index (χ1v) is 12.0. The van der Waals surface area contributed by atoms with E-state index in [2.05, 4.69) is 57.9 Å². The molecular weight excluding hydrogens is 406 g/mol. The van der Waals surface area contributed by atoms with Crippen molar-refractivity contribution in [2.45, 2.75) is 39.2 Å². The lowest BCUT2D eigenvalue weighted by atomic mass is 10.0. The van der Waals surface area contributed by atoms with Crippen LogP contribution in [0.3, 0.4) is 0 Å². The summed E-state index contributed by atoms with van der Waals surface area (Å²) in [5, 5.41) is 1.06. The van der Waals surface area contributed by atoms with E-state index in [9.17, 15) is 4.79 Å². The molecule has 2 aliphatic rings. The molecule has 0 unspecified atom stereocenters. The van der Waals surface area contributed by atoms with E-state index in [0.717, 1.165) is 59.2 Å². The van der Waals surface area contributed by atoms with Crippen molar-refractivity contribution >= 4 is 39.0 Å². The highest BCUT2D eigenvalue weighted by Crippen LogP contribution is 2.37. The molecule has 0 radical (unpaired) electrons. The van der Waals surface area contributed by atoms with Gasteiger partial charge in [0.25, 0.3) is 5.91 Å². The Balaban J connectivity index is 1.39. The van der Waals surface area contributed by atoms with Gasteiger partial charge in [-0.05, 0) is 50.8 Å². The number of hydrogen-bond acceptors (Lipinski definition) is 6. The highest BCUT2D eigenvalue weighted by atomic mass is 32.1. The highest BCUT2D eigenvalue weighted by molar-refractivity contribution is 7.20. The maximum Gasteiger partial charge on any atom is 0.264 e. The van der Waals surface area contributed by atoms with Crippen LogP contribution < -0.4 is 9.80 Å². The molecule has 2 saturated heterocycles. The number of piperidine rings is 1. The number of para-hydroxylation sites is 1. The van der Waals surface area contributed by atoms with Crippen molar-refractivity contribution in [1.29, 1.82) is 0 Å². The molecular formula is C24H29N5OS. The molecule has 0 spiro atoms. The average molecular weight is 436 g/mol. The second-order valence-corrected chi connectivity index (χ2v) is 9.59. The van der Waals surface area contributed by atoms with Crippen LogP contribution in [-0.2, 0) is 0 Å². The quantitative estimate of drug-likeness (QED) is 0.613. The number of thiophene rings is 1. The van der Waals surface area contributed by atoms with Crippen molar-refractivity contribution < 1.29 is 4.79 Å². The number of rotatable bonds is 3. The van der Waals surface area contributed by atoms with Crippen LogP contribution in [0.25, 0.3) is 10.2 Å². The molecule has 0 saturated carbocycles. The van der Waals surface area contributed by atoms with Crippen molar-refractivity contribution in [1.82, 2.24) is 14.9 Å². The topological polar surface area (TPSA) is 52.6 Å². The fourth-order valence-corrected chi connectivity index (χ4v) is 5.95. The molecule has 0 bridgehead atoms. The van der Waals surface area contributed by atoms with Gasteiger partial charge in [0.05, 0.1) is 10.3 Å². The molecule has 1 aromatic carbocycles. The lowest BCUT2D eigenvalue weighted by Gasteiger charge is -2.36. The predicted octanol–water partition coefficient (Wildman–Crippen LogP) is 4.34. The second kappa shape index (κ2) is 8.46. The number of hydrogen-bond donors (Lipinski definition) is 0. The van der Waals surface area contributed by atoms with E-state index in [-0.39, 0.29) is 5.91 Å². The van der Waals surface area contributed by atoms with Crippen LogP contribution >= 0.6 is 11.3 Å². The average Bonchev–Trinajstić information content (AvgIpc) is 3.16. The Hall–Kier alpha value is -2.67. The molecule has 6 nitrogen and oxygen atoms in total. The Bertz CT molecular complexity index is 1070. The fraction of sp³-hybridized carbons (Fsp3) is 0.458. The number of anilines is 2. The van der Waals surface area contributed by atoms with Gasteiger partial charge in [-0.1, -0.05) is 18.2 Å². The minimum Gasteiger partial charge on any atom is -0.368 e. The molecule has 1 atom stereocenters. The number of piperazine rings is 1. The Labute approximate surface area is 187 Å². The summed E-state index contributed by atoms with van der Waals surface area (Å²) in [6.45, 7) is 8.55. The summed E-state index contributed by atoms with van der Waals surface area (Å²) in [6.07, 6.45) is 5.30. The van der Waals surface area contributed by atoms with E-state index < -0.39 is 0 Å². The molecule has 162 valence electrons. The lowest BCUT2D eigenvalue weighted by molar-refractivity contribution is 0.0751. The van der Waals surface area contributed by atoms with Crippen LogP contribution in [-0.4, -0.2) is 59.5 Å². The number of fused-ring (bicyclic) bond motifs is 1. The molecule has 2 fully saturated rings. The summed E-state index contributed by atoms with van der Waals surface area (Å²) in [5.74, 6) is 1.13. The van der Waals surface area contributed by atoms with Crippen LogP contribution in [0.15, 0.2) is 36.7 Å². The highest BCUT2D eigenvalue weighted by Gasteiger charge is 2.29. The predicted molar refractivity (Wildman–Crippen MR) is 127 cm³/mol. The van der Waals surface area contributed by atoms with E-state index in [0.29, 0.717) is 6.04 Å². The summed E-state index contributed by atoms with van der Waals surface area (Å²) in [6, 6.07) is 10.9. The fourth-order valence-electron chi connectivity index (χ4n) is 4.84. The van der Waals surface area contributed by atoms with Gasteiger partial charge in [0.2, 0.25) is 0 Å². The zero-order valence-corrected chi connectivity index (χ0v) is 19.1. The summed E-state index contributed by atoms with van der Waals surface area (Å²) >= 11 is 1.52. The zero-order valence-electron chi connectivity index (χ0n) is 18.3. The number of carbonyl (C=O) groups excluding carboxylic acids is 1. The smallest absolute Gasteiger partial charge is 0.264 e. The Morgan fingerprint density at radius 3 is 2.55 bits per heavy atom. The minimum atomic E-state index is 0.130. The molecule has 5 rings (SSSR count). The Morgan fingerprint density at radius 1 is 1.03 bits per heavy atom. The third kappa shape index (κ3) is 3.76. The monoisotopic (exact) mass is 435 g/mol. The van der Waals surface area contributed by atoms with Gasteiger partial charge in [-0.25, -0.2) is 9.97 Å². The lowest BCUT2D eigenvalue weighted by Crippen LogP contribution is -2.48. The zero-order chi connectivity index (χ0) is 21.4. The second-order valence-electron chi connectivity index (χ2n) is 8.59. The number of aromatic nitrogens is 2. The van der Waals surface area contributed by atoms with Crippen LogP contribution in [0.1, 0.15) is 41.4 Å². The van der Waals surface area contributed by atoms with Crippen molar-refractivity contribution in [2.24, 2.45) is 0 Å². The van der Waals surface area contributed by atoms with Gasteiger partial charge in [-0.15, -0.1) is 11.3 Å².